The number of hydrogen-bond donors (Lipinski definition) is 0. The third-order valence-electron chi connectivity index (χ3n) is 5.62. The summed E-state index contributed by atoms with van der Waals surface area (Å²) in [6.45, 7) is 5.89. The van der Waals surface area contributed by atoms with Crippen LogP contribution in [0.3, 0.4) is 0 Å². The van der Waals surface area contributed by atoms with Gasteiger partial charge in [0.2, 0.25) is 0 Å². The van der Waals surface area contributed by atoms with Crippen LogP contribution in [0.1, 0.15) is 19.8 Å². The number of fused-ring (bicyclic) bond motifs is 1. The van der Waals surface area contributed by atoms with Crippen LogP contribution >= 0.6 is 11.3 Å². The molecule has 6 heteroatoms. The van der Waals surface area contributed by atoms with Crippen LogP contribution in [-0.4, -0.2) is 51.4 Å². The first-order valence-corrected chi connectivity index (χ1v) is 9.89. The molecule has 3 aromatic rings. The predicted octanol–water partition coefficient (Wildman–Crippen LogP) is 3.37. The molecule has 0 saturated carbocycles. The van der Waals surface area contributed by atoms with E-state index in [1.807, 2.05) is 29.3 Å². The predicted molar refractivity (Wildman–Crippen MR) is 103 cm³/mol. The van der Waals surface area contributed by atoms with E-state index in [0.29, 0.717) is 0 Å². The van der Waals surface area contributed by atoms with Crippen molar-refractivity contribution in [2.75, 3.05) is 24.5 Å². The minimum absolute atomic E-state index is 0.718. The molecule has 0 radical (unpaired) electrons. The van der Waals surface area contributed by atoms with E-state index in [9.17, 15) is 0 Å². The van der Waals surface area contributed by atoms with Crippen molar-refractivity contribution in [2.45, 2.75) is 31.8 Å². The molecule has 0 bridgehead atoms. The van der Waals surface area contributed by atoms with Crippen LogP contribution in [0.4, 0.5) is 5.13 Å². The van der Waals surface area contributed by atoms with Gasteiger partial charge in [0.1, 0.15) is 0 Å². The Hall–Kier alpha value is -1.92. The Kier molecular flexibility index (Phi) is 3.57. The summed E-state index contributed by atoms with van der Waals surface area (Å²) in [6, 6.07) is 8.00. The average Bonchev–Trinajstić information content (AvgIpc) is 3.26. The number of aromatic nitrogens is 3. The van der Waals surface area contributed by atoms with E-state index in [4.69, 9.17) is 4.98 Å². The number of anilines is 1. The lowest BCUT2D eigenvalue weighted by molar-refractivity contribution is 0.160. The molecule has 5 nitrogen and oxygen atoms in total. The summed E-state index contributed by atoms with van der Waals surface area (Å²) in [5, 5.41) is 5.44. The second-order valence-corrected chi connectivity index (χ2v) is 8.38. The smallest absolute Gasteiger partial charge is 0.186 e. The molecule has 2 aliphatic heterocycles. The van der Waals surface area contributed by atoms with E-state index in [1.165, 1.54) is 34.8 Å². The van der Waals surface area contributed by atoms with E-state index in [0.717, 1.165) is 36.3 Å². The van der Waals surface area contributed by atoms with Crippen LogP contribution in [0, 0.1) is 0 Å². The van der Waals surface area contributed by atoms with Gasteiger partial charge in [-0.05, 0) is 44.0 Å². The number of rotatable bonds is 3. The first-order valence-electron chi connectivity index (χ1n) is 9.08. The maximum absolute atomic E-state index is 4.86. The van der Waals surface area contributed by atoms with Crippen molar-refractivity contribution < 1.29 is 0 Å². The molecule has 1 aromatic carbocycles. The highest BCUT2D eigenvalue weighted by Crippen LogP contribution is 2.35. The Morgan fingerprint density at radius 3 is 2.80 bits per heavy atom. The van der Waals surface area contributed by atoms with Crippen molar-refractivity contribution in [3.8, 4) is 11.1 Å². The van der Waals surface area contributed by atoms with Gasteiger partial charge in [0.15, 0.2) is 5.13 Å². The maximum atomic E-state index is 4.86. The van der Waals surface area contributed by atoms with Gasteiger partial charge >= 0.3 is 0 Å². The van der Waals surface area contributed by atoms with E-state index in [1.54, 1.807) is 0 Å². The highest BCUT2D eigenvalue weighted by Gasteiger charge is 2.37. The van der Waals surface area contributed by atoms with Gasteiger partial charge in [-0.2, -0.15) is 5.10 Å². The number of benzene rings is 1. The summed E-state index contributed by atoms with van der Waals surface area (Å²) in [7, 11) is 1.95. The molecule has 2 aliphatic rings. The maximum Gasteiger partial charge on any atom is 0.186 e. The van der Waals surface area contributed by atoms with E-state index in [-0.39, 0.29) is 0 Å². The first-order chi connectivity index (χ1) is 12.2. The Balaban J connectivity index is 1.35. The fourth-order valence-corrected chi connectivity index (χ4v) is 5.14. The SMILES string of the molecule is CC1CCCN1C1CN(c2nc3ccc(-c4cnn(C)c4)cc3s2)C1. The molecule has 0 amide bonds. The number of aryl methyl sites for hydroxylation is 1. The van der Waals surface area contributed by atoms with Crippen LogP contribution in [0.2, 0.25) is 0 Å². The van der Waals surface area contributed by atoms with E-state index < -0.39 is 0 Å². The third kappa shape index (κ3) is 2.64. The van der Waals surface area contributed by atoms with Crippen molar-refractivity contribution >= 4 is 26.7 Å². The van der Waals surface area contributed by atoms with Crippen LogP contribution in [-0.2, 0) is 7.05 Å². The Labute approximate surface area is 151 Å². The fourth-order valence-electron chi connectivity index (χ4n) is 4.12. The molecule has 4 heterocycles. The van der Waals surface area contributed by atoms with Crippen LogP contribution in [0.25, 0.3) is 21.3 Å². The monoisotopic (exact) mass is 353 g/mol. The molecule has 130 valence electrons. The Bertz CT molecular complexity index is 908. The summed E-state index contributed by atoms with van der Waals surface area (Å²) in [4.78, 5) is 9.98. The highest BCUT2D eigenvalue weighted by molar-refractivity contribution is 7.22. The molecular formula is C19H23N5S. The lowest BCUT2D eigenvalue weighted by Gasteiger charge is -2.45. The molecule has 1 unspecified atom stereocenters. The molecule has 2 saturated heterocycles. The van der Waals surface area contributed by atoms with Crippen LogP contribution < -0.4 is 4.90 Å². The molecule has 5 rings (SSSR count). The molecule has 0 aliphatic carbocycles. The van der Waals surface area contributed by atoms with Gasteiger partial charge < -0.3 is 4.90 Å². The Morgan fingerprint density at radius 1 is 1.20 bits per heavy atom. The molecule has 25 heavy (non-hydrogen) atoms. The number of likely N-dealkylation sites (tertiary alicyclic amines) is 1. The first kappa shape index (κ1) is 15.3. The van der Waals surface area contributed by atoms with Crippen molar-refractivity contribution in [1.82, 2.24) is 19.7 Å². The van der Waals surface area contributed by atoms with Crippen LogP contribution in [0.15, 0.2) is 30.6 Å². The zero-order valence-electron chi connectivity index (χ0n) is 14.7. The zero-order valence-corrected chi connectivity index (χ0v) is 15.5. The topological polar surface area (TPSA) is 37.2 Å². The molecular weight excluding hydrogens is 330 g/mol. The number of thiazole rings is 1. The van der Waals surface area contributed by atoms with Crippen molar-refractivity contribution in [1.29, 1.82) is 0 Å². The zero-order chi connectivity index (χ0) is 17.0. The van der Waals surface area contributed by atoms with Crippen molar-refractivity contribution in [3.63, 3.8) is 0 Å². The van der Waals surface area contributed by atoms with Gasteiger partial charge in [-0.1, -0.05) is 17.4 Å². The second kappa shape index (κ2) is 5.81. The lowest BCUT2D eigenvalue weighted by Crippen LogP contribution is -2.60. The largest absolute Gasteiger partial charge is 0.345 e. The summed E-state index contributed by atoms with van der Waals surface area (Å²) < 4.78 is 3.10. The molecule has 0 N–H and O–H groups in total. The number of hydrogen-bond acceptors (Lipinski definition) is 5. The quantitative estimate of drug-likeness (QED) is 0.723. The second-order valence-electron chi connectivity index (χ2n) is 7.37. The van der Waals surface area contributed by atoms with Crippen molar-refractivity contribution in [2.24, 2.45) is 7.05 Å². The Morgan fingerprint density at radius 2 is 2.08 bits per heavy atom. The van der Waals surface area contributed by atoms with E-state index >= 15 is 0 Å². The summed E-state index contributed by atoms with van der Waals surface area (Å²) in [5.74, 6) is 0. The van der Waals surface area contributed by atoms with Gasteiger partial charge in [-0.15, -0.1) is 0 Å². The van der Waals surface area contributed by atoms with Gasteiger partial charge in [-0.3, -0.25) is 9.58 Å². The summed E-state index contributed by atoms with van der Waals surface area (Å²) >= 11 is 1.81. The fraction of sp³-hybridized carbons (Fsp3) is 0.474. The number of nitrogens with zero attached hydrogens (tertiary/aromatic N) is 5. The standard InChI is InChI=1S/C19H23N5S/c1-13-4-3-7-24(13)16-11-23(12-16)19-21-17-6-5-14(8-18(17)25-19)15-9-20-22(2)10-15/h5-6,8-10,13,16H,3-4,7,11-12H2,1-2H3. The molecule has 0 spiro atoms. The summed E-state index contributed by atoms with van der Waals surface area (Å²) in [5.41, 5.74) is 3.47. The van der Waals surface area contributed by atoms with Gasteiger partial charge in [0.25, 0.3) is 0 Å². The summed E-state index contributed by atoms with van der Waals surface area (Å²) in [6.07, 6.45) is 6.69. The van der Waals surface area contributed by atoms with Crippen LogP contribution in [0.5, 0.6) is 0 Å². The lowest BCUT2D eigenvalue weighted by atomic mass is 10.1. The van der Waals surface area contributed by atoms with E-state index in [2.05, 4.69) is 46.2 Å². The normalized spacial score (nSPS) is 22.0. The molecule has 2 aromatic heterocycles. The molecule has 1 atom stereocenters. The van der Waals surface area contributed by atoms with Gasteiger partial charge in [0, 0.05) is 44.0 Å². The van der Waals surface area contributed by atoms with Gasteiger partial charge in [0.05, 0.1) is 16.4 Å². The van der Waals surface area contributed by atoms with Crippen molar-refractivity contribution in [3.05, 3.63) is 30.6 Å². The van der Waals surface area contributed by atoms with Gasteiger partial charge in [-0.25, -0.2) is 4.98 Å². The average molecular weight is 353 g/mol. The third-order valence-corrected chi connectivity index (χ3v) is 6.70. The molecule has 2 fully saturated rings. The minimum Gasteiger partial charge on any atom is -0.345 e. The highest BCUT2D eigenvalue weighted by atomic mass is 32.1. The minimum atomic E-state index is 0.718.